The van der Waals surface area contributed by atoms with Crippen molar-refractivity contribution in [1.29, 1.82) is 0 Å². The summed E-state index contributed by atoms with van der Waals surface area (Å²) in [5, 5.41) is 5.96. The van der Waals surface area contributed by atoms with E-state index in [1.165, 1.54) is 0 Å². The van der Waals surface area contributed by atoms with E-state index >= 15 is 0 Å². The molecule has 24 heavy (non-hydrogen) atoms. The molecule has 0 saturated heterocycles. The Balaban J connectivity index is 1.71. The topological polar surface area (TPSA) is 51.2 Å². The van der Waals surface area contributed by atoms with Crippen LogP contribution in [0.4, 0.5) is 5.69 Å². The fourth-order valence-corrected chi connectivity index (χ4v) is 2.96. The molecule has 0 saturated carbocycles. The van der Waals surface area contributed by atoms with Gasteiger partial charge in [0.2, 0.25) is 0 Å². The van der Waals surface area contributed by atoms with E-state index in [0.29, 0.717) is 17.9 Å². The molecule has 122 valence electrons. The Kier molecular flexibility index (Phi) is 5.23. The Hall–Kier alpha value is -2.66. The van der Waals surface area contributed by atoms with Crippen LogP contribution in [0, 0.1) is 0 Å². The number of thiazole rings is 1. The highest BCUT2D eigenvalue weighted by atomic mass is 32.1. The van der Waals surface area contributed by atoms with Crippen molar-refractivity contribution in [2.24, 2.45) is 0 Å². The van der Waals surface area contributed by atoms with E-state index in [4.69, 9.17) is 4.74 Å². The molecule has 0 aliphatic rings. The quantitative estimate of drug-likeness (QED) is 0.718. The van der Waals surface area contributed by atoms with Crippen LogP contribution in [-0.2, 0) is 13.0 Å². The largest absolute Gasteiger partial charge is 0.486 e. The van der Waals surface area contributed by atoms with Gasteiger partial charge in [0.25, 0.3) is 5.91 Å². The minimum Gasteiger partial charge on any atom is -0.486 e. The van der Waals surface area contributed by atoms with E-state index in [9.17, 15) is 4.79 Å². The third-order valence-electron chi connectivity index (χ3n) is 3.44. The number of benzene rings is 2. The van der Waals surface area contributed by atoms with Crippen LogP contribution < -0.4 is 10.1 Å². The van der Waals surface area contributed by atoms with Crippen molar-refractivity contribution >= 4 is 22.9 Å². The molecule has 1 heterocycles. The summed E-state index contributed by atoms with van der Waals surface area (Å²) in [5.41, 5.74) is 2.15. The maximum Gasteiger partial charge on any atom is 0.259 e. The second-order valence-electron chi connectivity index (χ2n) is 5.19. The summed E-state index contributed by atoms with van der Waals surface area (Å²) < 4.78 is 5.82. The lowest BCUT2D eigenvalue weighted by Crippen LogP contribution is -2.13. The predicted octanol–water partition coefficient (Wildman–Crippen LogP) is 4.54. The number of carbonyl (C=O) groups excluding carboxylic acids is 1. The highest BCUT2D eigenvalue weighted by Crippen LogP contribution is 2.21. The molecule has 5 heteroatoms. The number of aryl methyl sites for hydroxylation is 1. The summed E-state index contributed by atoms with van der Waals surface area (Å²) in [5.74, 6) is 0.362. The van der Waals surface area contributed by atoms with Crippen molar-refractivity contribution in [2.45, 2.75) is 20.0 Å². The van der Waals surface area contributed by atoms with Gasteiger partial charge in [-0.2, -0.15) is 0 Å². The van der Waals surface area contributed by atoms with E-state index in [0.717, 1.165) is 22.8 Å². The van der Waals surface area contributed by atoms with Crippen LogP contribution in [0.2, 0.25) is 0 Å². The van der Waals surface area contributed by atoms with E-state index < -0.39 is 0 Å². The molecule has 0 aliphatic heterocycles. The first-order valence-corrected chi connectivity index (χ1v) is 8.65. The number of nitrogens with zero attached hydrogens (tertiary/aromatic N) is 1. The second-order valence-corrected chi connectivity index (χ2v) is 6.13. The fraction of sp³-hybridized carbons (Fsp3) is 0.158. The summed E-state index contributed by atoms with van der Waals surface area (Å²) in [4.78, 5) is 17.0. The zero-order valence-electron chi connectivity index (χ0n) is 13.4. The maximum atomic E-state index is 12.5. The molecule has 4 nitrogen and oxygen atoms in total. The molecular weight excluding hydrogens is 320 g/mol. The average molecular weight is 338 g/mol. The molecule has 2 aromatic carbocycles. The molecule has 0 aliphatic carbocycles. The van der Waals surface area contributed by atoms with Crippen LogP contribution in [0.1, 0.15) is 28.0 Å². The number of para-hydroxylation sites is 2. The van der Waals surface area contributed by atoms with Gasteiger partial charge in [0.05, 0.1) is 16.3 Å². The number of anilines is 1. The van der Waals surface area contributed by atoms with Gasteiger partial charge in [-0.1, -0.05) is 37.3 Å². The number of hydrogen-bond donors (Lipinski definition) is 1. The molecule has 0 unspecified atom stereocenters. The van der Waals surface area contributed by atoms with E-state index in [1.54, 1.807) is 23.5 Å². The van der Waals surface area contributed by atoms with Crippen LogP contribution in [0.15, 0.2) is 60.0 Å². The van der Waals surface area contributed by atoms with Crippen molar-refractivity contribution in [3.63, 3.8) is 0 Å². The lowest BCUT2D eigenvalue weighted by Gasteiger charge is -2.11. The zero-order chi connectivity index (χ0) is 16.8. The number of aromatic nitrogens is 1. The molecule has 1 amide bonds. The molecule has 3 rings (SSSR count). The third-order valence-corrected chi connectivity index (χ3v) is 4.48. The number of carbonyl (C=O) groups is 1. The van der Waals surface area contributed by atoms with E-state index in [1.807, 2.05) is 47.8 Å². The van der Waals surface area contributed by atoms with E-state index in [-0.39, 0.29) is 5.91 Å². The molecular formula is C19H18N2O2S. The van der Waals surface area contributed by atoms with Crippen molar-refractivity contribution < 1.29 is 9.53 Å². The molecule has 1 N–H and O–H groups in total. The summed E-state index contributed by atoms with van der Waals surface area (Å²) in [6.45, 7) is 2.43. The number of rotatable bonds is 6. The highest BCUT2D eigenvalue weighted by Gasteiger charge is 2.13. The molecule has 1 aromatic heterocycles. The predicted molar refractivity (Wildman–Crippen MR) is 96.7 cm³/mol. The van der Waals surface area contributed by atoms with Crippen molar-refractivity contribution in [1.82, 2.24) is 4.98 Å². The molecule has 0 radical (unpaired) electrons. The van der Waals surface area contributed by atoms with Gasteiger partial charge in [0.15, 0.2) is 0 Å². The Bertz CT molecular complexity index is 815. The van der Waals surface area contributed by atoms with Crippen LogP contribution >= 0.6 is 11.3 Å². The Morgan fingerprint density at radius 1 is 1.12 bits per heavy atom. The Labute approximate surface area is 145 Å². The Morgan fingerprint density at radius 2 is 1.88 bits per heavy atom. The van der Waals surface area contributed by atoms with Crippen molar-refractivity contribution in [2.75, 3.05) is 5.32 Å². The minimum atomic E-state index is -0.190. The van der Waals surface area contributed by atoms with Gasteiger partial charge in [-0.05, 0) is 30.7 Å². The zero-order valence-corrected chi connectivity index (χ0v) is 14.2. The second kappa shape index (κ2) is 7.75. The van der Waals surface area contributed by atoms with Crippen LogP contribution in [0.5, 0.6) is 5.75 Å². The average Bonchev–Trinajstić information content (AvgIpc) is 3.09. The number of ether oxygens (including phenoxy) is 1. The van der Waals surface area contributed by atoms with Gasteiger partial charge in [-0.3, -0.25) is 4.79 Å². The van der Waals surface area contributed by atoms with Crippen molar-refractivity contribution in [3.05, 3.63) is 76.2 Å². The van der Waals surface area contributed by atoms with Crippen LogP contribution in [0.3, 0.4) is 0 Å². The maximum absolute atomic E-state index is 12.5. The van der Waals surface area contributed by atoms with Gasteiger partial charge >= 0.3 is 0 Å². The lowest BCUT2D eigenvalue weighted by molar-refractivity contribution is 0.102. The standard InChI is InChI=1S/C19H18N2O2S/c1-2-18-20-15(13-24-18)12-23-17-11-7-6-10-16(17)19(22)21-14-8-4-3-5-9-14/h3-11,13H,2,12H2,1H3,(H,21,22). The first kappa shape index (κ1) is 16.2. The van der Waals surface area contributed by atoms with Crippen LogP contribution in [-0.4, -0.2) is 10.9 Å². The van der Waals surface area contributed by atoms with Gasteiger partial charge in [0, 0.05) is 11.1 Å². The van der Waals surface area contributed by atoms with Crippen molar-refractivity contribution in [3.8, 4) is 5.75 Å². The van der Waals surface area contributed by atoms with E-state index in [2.05, 4.69) is 17.2 Å². The first-order chi connectivity index (χ1) is 11.8. The summed E-state index contributed by atoms with van der Waals surface area (Å²) in [6, 6.07) is 16.6. The minimum absolute atomic E-state index is 0.190. The number of nitrogens with one attached hydrogen (secondary N) is 1. The monoisotopic (exact) mass is 338 g/mol. The number of hydrogen-bond acceptors (Lipinski definition) is 4. The van der Waals surface area contributed by atoms with Crippen LogP contribution in [0.25, 0.3) is 0 Å². The highest BCUT2D eigenvalue weighted by molar-refractivity contribution is 7.09. The smallest absolute Gasteiger partial charge is 0.259 e. The number of amides is 1. The SMILES string of the molecule is CCc1nc(COc2ccccc2C(=O)Nc2ccccc2)cs1. The third kappa shape index (κ3) is 4.00. The molecule has 0 fully saturated rings. The molecule has 0 bridgehead atoms. The van der Waals surface area contributed by atoms with Gasteiger partial charge in [-0.25, -0.2) is 4.98 Å². The lowest BCUT2D eigenvalue weighted by atomic mass is 10.2. The molecule has 0 spiro atoms. The molecule has 0 atom stereocenters. The van der Waals surface area contributed by atoms with Gasteiger partial charge in [-0.15, -0.1) is 11.3 Å². The normalized spacial score (nSPS) is 10.4. The molecule has 3 aromatic rings. The fourth-order valence-electron chi connectivity index (χ4n) is 2.23. The summed E-state index contributed by atoms with van der Waals surface area (Å²) in [6.07, 6.45) is 0.917. The summed E-state index contributed by atoms with van der Waals surface area (Å²) in [7, 11) is 0. The summed E-state index contributed by atoms with van der Waals surface area (Å²) >= 11 is 1.63. The Morgan fingerprint density at radius 3 is 2.62 bits per heavy atom. The van der Waals surface area contributed by atoms with Gasteiger partial charge in [0.1, 0.15) is 12.4 Å². The first-order valence-electron chi connectivity index (χ1n) is 7.77. The van der Waals surface area contributed by atoms with Gasteiger partial charge < -0.3 is 10.1 Å².